The molecule has 0 aromatic carbocycles. The summed E-state index contributed by atoms with van der Waals surface area (Å²) in [5.41, 5.74) is -0.301. The molecule has 1 aliphatic heterocycles. The number of carbonyl (C=O) groups excluding carboxylic acids is 1. The summed E-state index contributed by atoms with van der Waals surface area (Å²) in [5, 5.41) is 3.32. The summed E-state index contributed by atoms with van der Waals surface area (Å²) >= 11 is 2.11. The van der Waals surface area contributed by atoms with Crippen molar-refractivity contribution in [1.29, 1.82) is 0 Å². The van der Waals surface area contributed by atoms with Gasteiger partial charge in [0.1, 0.15) is 9.53 Å². The molecule has 1 unspecified atom stereocenters. The van der Waals surface area contributed by atoms with Crippen molar-refractivity contribution in [2.75, 3.05) is 13.1 Å². The monoisotopic (exact) mass is 339 g/mol. The summed E-state index contributed by atoms with van der Waals surface area (Å²) in [5.74, 6) is -0.0857. The number of esters is 1. The summed E-state index contributed by atoms with van der Waals surface area (Å²) in [4.78, 5) is 11.8. The molecule has 1 rings (SSSR count). The maximum Gasteiger partial charge on any atom is 0.319 e. The van der Waals surface area contributed by atoms with Gasteiger partial charge in [-0.2, -0.15) is 0 Å². The second-order valence-electron chi connectivity index (χ2n) is 5.53. The van der Waals surface area contributed by atoms with Crippen molar-refractivity contribution in [3.63, 3.8) is 0 Å². The highest BCUT2D eigenvalue weighted by Crippen LogP contribution is 2.41. The molecule has 0 radical (unpaired) electrons. The lowest BCUT2D eigenvalue weighted by molar-refractivity contribution is -0.177. The van der Waals surface area contributed by atoms with Crippen molar-refractivity contribution in [2.45, 2.75) is 50.1 Å². The third-order valence-electron chi connectivity index (χ3n) is 3.40. The van der Waals surface area contributed by atoms with Gasteiger partial charge >= 0.3 is 5.97 Å². The molecule has 0 aromatic heterocycles. The Hall–Kier alpha value is 0.160. The van der Waals surface area contributed by atoms with Gasteiger partial charge in [-0.3, -0.25) is 4.79 Å². The van der Waals surface area contributed by atoms with E-state index in [2.05, 4.69) is 48.7 Å². The van der Waals surface area contributed by atoms with Crippen LogP contribution >= 0.6 is 22.6 Å². The first-order valence-electron chi connectivity index (χ1n) is 5.86. The van der Waals surface area contributed by atoms with Crippen LogP contribution in [-0.4, -0.2) is 28.6 Å². The van der Waals surface area contributed by atoms with Crippen molar-refractivity contribution < 1.29 is 9.53 Å². The Morgan fingerprint density at radius 2 is 1.88 bits per heavy atom. The first-order chi connectivity index (χ1) is 7.28. The predicted molar refractivity (Wildman–Crippen MR) is 73.9 cm³/mol. The number of rotatable bonds is 2. The lowest BCUT2D eigenvalue weighted by Crippen LogP contribution is -2.54. The van der Waals surface area contributed by atoms with Crippen LogP contribution in [0.25, 0.3) is 0 Å². The molecule has 94 valence electrons. The van der Waals surface area contributed by atoms with Crippen LogP contribution in [0.1, 0.15) is 40.5 Å². The van der Waals surface area contributed by atoms with Crippen LogP contribution in [0.4, 0.5) is 0 Å². The van der Waals surface area contributed by atoms with Crippen LogP contribution in [0.3, 0.4) is 0 Å². The molecule has 1 N–H and O–H groups in total. The molecule has 1 saturated heterocycles. The van der Waals surface area contributed by atoms with Gasteiger partial charge in [-0.25, -0.2) is 0 Å². The molecular formula is C12H22INO2. The summed E-state index contributed by atoms with van der Waals surface area (Å²) in [6.07, 6.45) is 1.82. The normalized spacial score (nSPS) is 22.6. The zero-order valence-electron chi connectivity index (χ0n) is 10.6. The maximum absolute atomic E-state index is 11.8. The zero-order valence-corrected chi connectivity index (χ0v) is 12.8. The van der Waals surface area contributed by atoms with Crippen LogP contribution in [0.15, 0.2) is 0 Å². The van der Waals surface area contributed by atoms with Gasteiger partial charge in [-0.1, -0.05) is 43.4 Å². The fourth-order valence-corrected chi connectivity index (χ4v) is 2.24. The number of halogens is 1. The first-order valence-corrected chi connectivity index (χ1v) is 7.11. The van der Waals surface area contributed by atoms with Crippen LogP contribution < -0.4 is 5.32 Å². The summed E-state index contributed by atoms with van der Waals surface area (Å²) < 4.78 is 5.74. The Labute approximate surface area is 112 Å². The van der Waals surface area contributed by atoms with Gasteiger partial charge < -0.3 is 10.1 Å². The quantitative estimate of drug-likeness (QED) is 0.477. The number of nitrogens with one attached hydrogen (secondary N) is 1. The highest BCUT2D eigenvalue weighted by molar-refractivity contribution is 14.1. The first kappa shape index (κ1) is 14.2. The standard InChI is InChI=1S/C12H22INO2/c1-9(13)10(15)16-12(11(2,3)4)5-7-14-8-6-12/h9,14H,5-8H2,1-4H3. The molecular weight excluding hydrogens is 317 g/mol. The molecule has 0 aliphatic carbocycles. The molecule has 0 saturated carbocycles. The van der Waals surface area contributed by atoms with Crippen molar-refractivity contribution >= 4 is 28.6 Å². The summed E-state index contributed by atoms with van der Waals surface area (Å²) in [6.45, 7) is 10.2. The van der Waals surface area contributed by atoms with Gasteiger partial charge in [-0.15, -0.1) is 0 Å². The molecule has 4 heteroatoms. The SMILES string of the molecule is CC(I)C(=O)OC1(C(C)(C)C)CCNCC1. The maximum atomic E-state index is 11.8. The van der Waals surface area contributed by atoms with Gasteiger partial charge in [0.25, 0.3) is 0 Å². The van der Waals surface area contributed by atoms with E-state index >= 15 is 0 Å². The molecule has 0 amide bonds. The van der Waals surface area contributed by atoms with E-state index in [-0.39, 0.29) is 20.9 Å². The Morgan fingerprint density at radius 1 is 1.38 bits per heavy atom. The van der Waals surface area contributed by atoms with Gasteiger partial charge in [-0.05, 0) is 20.0 Å². The van der Waals surface area contributed by atoms with E-state index in [9.17, 15) is 4.79 Å². The second kappa shape index (κ2) is 5.21. The molecule has 3 nitrogen and oxygen atoms in total. The third kappa shape index (κ3) is 3.09. The third-order valence-corrected chi connectivity index (χ3v) is 3.91. The van der Waals surface area contributed by atoms with Crippen molar-refractivity contribution in [3.05, 3.63) is 0 Å². The Kier molecular flexibility index (Phi) is 4.63. The van der Waals surface area contributed by atoms with E-state index in [1.54, 1.807) is 0 Å². The molecule has 1 heterocycles. The van der Waals surface area contributed by atoms with Crippen molar-refractivity contribution in [2.24, 2.45) is 5.41 Å². The number of carbonyl (C=O) groups is 1. The highest BCUT2D eigenvalue weighted by atomic mass is 127. The van der Waals surface area contributed by atoms with Crippen molar-refractivity contribution in [3.8, 4) is 0 Å². The highest BCUT2D eigenvalue weighted by Gasteiger charge is 2.46. The van der Waals surface area contributed by atoms with Gasteiger partial charge in [0.05, 0.1) is 0 Å². The van der Waals surface area contributed by atoms with E-state index in [1.807, 2.05) is 6.92 Å². The fraction of sp³-hybridized carbons (Fsp3) is 0.917. The van der Waals surface area contributed by atoms with E-state index < -0.39 is 0 Å². The van der Waals surface area contributed by atoms with Crippen molar-refractivity contribution in [1.82, 2.24) is 5.32 Å². The van der Waals surface area contributed by atoms with Crippen LogP contribution in [0, 0.1) is 5.41 Å². The number of alkyl halides is 1. The molecule has 1 aliphatic rings. The number of piperidine rings is 1. The van der Waals surface area contributed by atoms with E-state index in [1.165, 1.54) is 0 Å². The van der Waals surface area contributed by atoms with Gasteiger partial charge in [0, 0.05) is 18.3 Å². The Bertz CT molecular complexity index is 252. The fourth-order valence-electron chi connectivity index (χ4n) is 2.11. The number of hydrogen-bond donors (Lipinski definition) is 1. The van der Waals surface area contributed by atoms with Gasteiger partial charge in [0.2, 0.25) is 0 Å². The Balaban J connectivity index is 2.83. The topological polar surface area (TPSA) is 38.3 Å². The molecule has 1 fully saturated rings. The molecule has 16 heavy (non-hydrogen) atoms. The smallest absolute Gasteiger partial charge is 0.319 e. The largest absolute Gasteiger partial charge is 0.458 e. The molecule has 0 spiro atoms. The number of ether oxygens (including phenoxy) is 1. The zero-order chi connectivity index (χ0) is 12.4. The second-order valence-corrected chi connectivity index (χ2v) is 7.40. The average Bonchev–Trinajstić information content (AvgIpc) is 2.17. The minimum Gasteiger partial charge on any atom is -0.458 e. The lowest BCUT2D eigenvalue weighted by atomic mass is 9.71. The van der Waals surface area contributed by atoms with Crippen LogP contribution in [0.5, 0.6) is 0 Å². The number of hydrogen-bond acceptors (Lipinski definition) is 3. The van der Waals surface area contributed by atoms with E-state index in [0.717, 1.165) is 25.9 Å². The van der Waals surface area contributed by atoms with Crippen LogP contribution in [0.2, 0.25) is 0 Å². The molecule has 1 atom stereocenters. The predicted octanol–water partition coefficient (Wildman–Crippen LogP) is 2.52. The van der Waals surface area contributed by atoms with Crippen LogP contribution in [-0.2, 0) is 9.53 Å². The molecule has 0 bridgehead atoms. The lowest BCUT2D eigenvalue weighted by Gasteiger charge is -2.46. The van der Waals surface area contributed by atoms with E-state index in [0.29, 0.717) is 0 Å². The average molecular weight is 339 g/mol. The van der Waals surface area contributed by atoms with E-state index in [4.69, 9.17) is 4.74 Å². The molecule has 0 aromatic rings. The van der Waals surface area contributed by atoms with Gasteiger partial charge in [0.15, 0.2) is 0 Å². The minimum atomic E-state index is -0.297. The summed E-state index contributed by atoms with van der Waals surface area (Å²) in [7, 11) is 0. The summed E-state index contributed by atoms with van der Waals surface area (Å²) in [6, 6.07) is 0. The Morgan fingerprint density at radius 3 is 2.25 bits per heavy atom. The minimum absolute atomic E-state index is 0.00368.